The molecule has 2 N–H and O–H groups in total. The summed E-state index contributed by atoms with van der Waals surface area (Å²) in [4.78, 5) is 24.9. The molecule has 1 aliphatic rings. The van der Waals surface area contributed by atoms with Gasteiger partial charge in [0.05, 0.1) is 17.5 Å². The summed E-state index contributed by atoms with van der Waals surface area (Å²) < 4.78 is 34.1. The highest BCUT2D eigenvalue weighted by Crippen LogP contribution is 2.26. The first kappa shape index (κ1) is 19.8. The normalized spacial score (nSPS) is 14.3. The predicted molar refractivity (Wildman–Crippen MR) is 106 cm³/mol. The van der Waals surface area contributed by atoms with Gasteiger partial charge in [-0.3, -0.25) is 4.79 Å². The quantitative estimate of drug-likeness (QED) is 0.670. The Kier molecular flexibility index (Phi) is 5.89. The minimum absolute atomic E-state index is 0.00757. The number of hydrogen-bond acceptors (Lipinski definition) is 6. The lowest BCUT2D eigenvalue weighted by Gasteiger charge is -2.24. The van der Waals surface area contributed by atoms with Crippen molar-refractivity contribution in [1.82, 2.24) is 20.3 Å². The summed E-state index contributed by atoms with van der Waals surface area (Å²) in [6, 6.07) is 7.95. The average molecular weight is 411 g/mol. The molecule has 0 unspecified atom stereocenters. The third-order valence-electron chi connectivity index (χ3n) is 4.69. The number of hydrogen-bond donors (Lipinski definition) is 2. The first-order chi connectivity index (χ1) is 14.6. The molecule has 1 fully saturated rings. The minimum atomic E-state index is -0.755. The molecule has 1 aliphatic heterocycles. The van der Waals surface area contributed by atoms with Crippen LogP contribution >= 0.6 is 0 Å². The van der Waals surface area contributed by atoms with E-state index < -0.39 is 17.5 Å². The van der Waals surface area contributed by atoms with Gasteiger partial charge in [-0.2, -0.15) is 4.98 Å². The number of nitrogens with one attached hydrogen (secondary N) is 2. The lowest BCUT2D eigenvalue weighted by Crippen LogP contribution is -2.34. The van der Waals surface area contributed by atoms with Crippen molar-refractivity contribution < 1.29 is 18.3 Å². The van der Waals surface area contributed by atoms with E-state index in [-0.39, 0.29) is 28.9 Å². The van der Waals surface area contributed by atoms with Gasteiger partial charge in [0.2, 0.25) is 5.88 Å². The molecule has 30 heavy (non-hydrogen) atoms. The standard InChI is InChI=1S/C21H19F2N5O2/c22-14-3-1-4-15(23)19(14)16-5-2-6-17(27-16)20(29)28-18-11-25-12-26-21(18)30-13-7-9-24-10-8-13/h1-6,11-13,24H,7-10H2,(H,28,29). The topological polar surface area (TPSA) is 89.0 Å². The van der Waals surface area contributed by atoms with Crippen LogP contribution in [0, 0.1) is 11.6 Å². The van der Waals surface area contributed by atoms with Crippen molar-refractivity contribution in [3.8, 4) is 17.1 Å². The number of ether oxygens (including phenoxy) is 1. The van der Waals surface area contributed by atoms with E-state index in [1.165, 1.54) is 36.8 Å². The number of rotatable bonds is 5. The molecule has 154 valence electrons. The fourth-order valence-electron chi connectivity index (χ4n) is 3.20. The predicted octanol–water partition coefficient (Wildman–Crippen LogP) is 3.20. The summed E-state index contributed by atoms with van der Waals surface area (Å²) >= 11 is 0. The van der Waals surface area contributed by atoms with E-state index in [2.05, 4.69) is 25.6 Å². The Bertz CT molecular complexity index is 1040. The highest BCUT2D eigenvalue weighted by Gasteiger charge is 2.20. The molecule has 7 nitrogen and oxygen atoms in total. The number of piperidine rings is 1. The molecular formula is C21H19F2N5O2. The van der Waals surface area contributed by atoms with Gasteiger partial charge in [0, 0.05) is 0 Å². The van der Waals surface area contributed by atoms with Crippen LogP contribution in [0.25, 0.3) is 11.3 Å². The van der Waals surface area contributed by atoms with Crippen LogP contribution in [0.15, 0.2) is 48.9 Å². The number of carbonyl (C=O) groups excluding carboxylic acids is 1. The number of nitrogens with zero attached hydrogens (tertiary/aromatic N) is 3. The SMILES string of the molecule is O=C(Nc1cncnc1OC1CCNCC1)c1cccc(-c2c(F)cccc2F)n1. The Morgan fingerprint density at radius 3 is 2.60 bits per heavy atom. The van der Waals surface area contributed by atoms with Crippen LogP contribution in [0.5, 0.6) is 5.88 Å². The monoisotopic (exact) mass is 411 g/mol. The Labute approximate surface area is 171 Å². The smallest absolute Gasteiger partial charge is 0.274 e. The van der Waals surface area contributed by atoms with Gasteiger partial charge in [0.15, 0.2) is 0 Å². The van der Waals surface area contributed by atoms with Crippen LogP contribution in [0.4, 0.5) is 14.5 Å². The lowest BCUT2D eigenvalue weighted by atomic mass is 10.1. The van der Waals surface area contributed by atoms with Crippen LogP contribution in [0.1, 0.15) is 23.3 Å². The van der Waals surface area contributed by atoms with Crippen molar-refractivity contribution in [1.29, 1.82) is 0 Å². The largest absolute Gasteiger partial charge is 0.473 e. The molecule has 0 atom stereocenters. The Balaban J connectivity index is 1.55. The second-order valence-electron chi connectivity index (χ2n) is 6.77. The third-order valence-corrected chi connectivity index (χ3v) is 4.69. The van der Waals surface area contributed by atoms with E-state index in [1.54, 1.807) is 0 Å². The summed E-state index contributed by atoms with van der Waals surface area (Å²) in [6.07, 6.45) is 4.42. The molecule has 3 heterocycles. The molecule has 9 heteroatoms. The Hall–Kier alpha value is -3.46. The van der Waals surface area contributed by atoms with Crippen LogP contribution in [-0.2, 0) is 0 Å². The maximum absolute atomic E-state index is 14.1. The molecule has 1 saturated heterocycles. The third kappa shape index (κ3) is 4.41. The number of aromatic nitrogens is 3. The molecule has 0 spiro atoms. The minimum Gasteiger partial charge on any atom is -0.473 e. The first-order valence-electron chi connectivity index (χ1n) is 9.52. The van der Waals surface area contributed by atoms with E-state index in [9.17, 15) is 13.6 Å². The van der Waals surface area contributed by atoms with Crippen LogP contribution in [-0.4, -0.2) is 40.1 Å². The van der Waals surface area contributed by atoms with Gasteiger partial charge in [-0.15, -0.1) is 0 Å². The van der Waals surface area contributed by atoms with Crippen molar-refractivity contribution in [3.05, 3.63) is 66.3 Å². The fourth-order valence-corrected chi connectivity index (χ4v) is 3.20. The molecule has 0 bridgehead atoms. The van der Waals surface area contributed by atoms with E-state index in [1.807, 2.05) is 0 Å². The second kappa shape index (κ2) is 8.91. The highest BCUT2D eigenvalue weighted by atomic mass is 19.1. The summed E-state index contributed by atoms with van der Waals surface area (Å²) in [6.45, 7) is 1.70. The van der Waals surface area contributed by atoms with Gasteiger partial charge in [-0.05, 0) is 50.2 Å². The first-order valence-corrected chi connectivity index (χ1v) is 9.52. The summed E-state index contributed by atoms with van der Waals surface area (Å²) in [5, 5.41) is 5.92. The zero-order valence-electron chi connectivity index (χ0n) is 15.9. The average Bonchev–Trinajstić information content (AvgIpc) is 2.76. The van der Waals surface area contributed by atoms with Gasteiger partial charge in [0.1, 0.15) is 35.4 Å². The summed E-state index contributed by atoms with van der Waals surface area (Å²) in [5.41, 5.74) is 0.0241. The van der Waals surface area contributed by atoms with Crippen molar-refractivity contribution in [2.75, 3.05) is 18.4 Å². The number of carbonyl (C=O) groups is 1. The molecule has 1 amide bonds. The Morgan fingerprint density at radius 1 is 1.10 bits per heavy atom. The summed E-state index contributed by atoms with van der Waals surface area (Å²) in [7, 11) is 0. The molecular weight excluding hydrogens is 392 g/mol. The molecule has 0 aliphatic carbocycles. The number of amides is 1. The van der Waals surface area contributed by atoms with Crippen molar-refractivity contribution in [2.24, 2.45) is 0 Å². The highest BCUT2D eigenvalue weighted by molar-refractivity contribution is 6.03. The number of anilines is 1. The van der Waals surface area contributed by atoms with Gasteiger partial charge in [-0.25, -0.2) is 18.7 Å². The second-order valence-corrected chi connectivity index (χ2v) is 6.77. The van der Waals surface area contributed by atoms with Gasteiger partial charge >= 0.3 is 0 Å². The van der Waals surface area contributed by atoms with Crippen molar-refractivity contribution >= 4 is 11.6 Å². The zero-order chi connectivity index (χ0) is 20.9. The van der Waals surface area contributed by atoms with Gasteiger partial charge in [0.25, 0.3) is 5.91 Å². The van der Waals surface area contributed by atoms with E-state index in [4.69, 9.17) is 4.74 Å². The zero-order valence-corrected chi connectivity index (χ0v) is 15.9. The van der Waals surface area contributed by atoms with Crippen molar-refractivity contribution in [3.63, 3.8) is 0 Å². The maximum atomic E-state index is 14.1. The van der Waals surface area contributed by atoms with E-state index in [0.717, 1.165) is 38.1 Å². The lowest BCUT2D eigenvalue weighted by molar-refractivity contribution is 0.102. The molecule has 1 aromatic carbocycles. The molecule has 0 saturated carbocycles. The van der Waals surface area contributed by atoms with Crippen LogP contribution in [0.2, 0.25) is 0 Å². The van der Waals surface area contributed by atoms with E-state index >= 15 is 0 Å². The molecule has 3 aromatic rings. The Morgan fingerprint density at radius 2 is 1.83 bits per heavy atom. The molecule has 4 rings (SSSR count). The number of benzene rings is 1. The fraction of sp³-hybridized carbons (Fsp3) is 0.238. The van der Waals surface area contributed by atoms with Gasteiger partial charge < -0.3 is 15.4 Å². The molecule has 2 aromatic heterocycles. The van der Waals surface area contributed by atoms with Crippen molar-refractivity contribution in [2.45, 2.75) is 18.9 Å². The number of pyridine rings is 1. The number of halogens is 2. The molecule has 0 radical (unpaired) electrons. The summed E-state index contributed by atoms with van der Waals surface area (Å²) in [5.74, 6) is -1.82. The maximum Gasteiger partial charge on any atom is 0.274 e. The van der Waals surface area contributed by atoms with Gasteiger partial charge in [-0.1, -0.05) is 12.1 Å². The van der Waals surface area contributed by atoms with E-state index in [0.29, 0.717) is 5.69 Å². The van der Waals surface area contributed by atoms with Crippen LogP contribution in [0.3, 0.4) is 0 Å². The van der Waals surface area contributed by atoms with Crippen LogP contribution < -0.4 is 15.4 Å².